The molecule has 1 heterocycles. The number of likely N-dealkylation sites (N-methyl/N-ethyl adjacent to an activating group) is 1. The van der Waals surface area contributed by atoms with E-state index in [4.69, 9.17) is 18.9 Å². The highest BCUT2D eigenvalue weighted by atomic mass is 16.7. The maximum Gasteiger partial charge on any atom is 0.339 e. The van der Waals surface area contributed by atoms with Crippen molar-refractivity contribution in [2.24, 2.45) is 0 Å². The molecule has 0 bridgehead atoms. The van der Waals surface area contributed by atoms with E-state index in [1.807, 2.05) is 0 Å². The van der Waals surface area contributed by atoms with Crippen LogP contribution >= 0.6 is 0 Å². The maximum absolute atomic E-state index is 13.2. The Labute approximate surface area is 234 Å². The lowest BCUT2D eigenvalue weighted by Crippen LogP contribution is -2.45. The highest BCUT2D eigenvalue weighted by Gasteiger charge is 2.42. The van der Waals surface area contributed by atoms with Gasteiger partial charge in [-0.15, -0.1) is 0 Å². The van der Waals surface area contributed by atoms with Crippen molar-refractivity contribution >= 4 is 29.8 Å². The first-order chi connectivity index (χ1) is 18.9. The Bertz CT molecular complexity index is 1150. The first-order valence-corrected chi connectivity index (χ1v) is 13.1. The predicted octanol–water partition coefficient (Wildman–Crippen LogP) is 1.98. The zero-order chi connectivity index (χ0) is 29.4. The van der Waals surface area contributed by atoms with Crippen molar-refractivity contribution in [3.63, 3.8) is 0 Å². The Kier molecular flexibility index (Phi) is 10.6. The van der Waals surface area contributed by atoms with Gasteiger partial charge in [-0.25, -0.2) is 4.79 Å². The number of aliphatic hydroxyl groups excluding tert-OH is 1. The summed E-state index contributed by atoms with van der Waals surface area (Å²) in [5.41, 5.74) is 0.436. The van der Waals surface area contributed by atoms with Crippen LogP contribution in [0.5, 0.6) is 0 Å². The summed E-state index contributed by atoms with van der Waals surface area (Å²) < 4.78 is 22.3. The minimum atomic E-state index is -0.819. The van der Waals surface area contributed by atoms with Gasteiger partial charge in [0.2, 0.25) is 11.8 Å². The number of fused-ring (bicyclic) bond motifs is 1. The molecule has 4 atom stereocenters. The Morgan fingerprint density at radius 3 is 2.58 bits per heavy atom. The molecule has 218 valence electrons. The number of nitrogens with one attached hydrogen (secondary N) is 1. The van der Waals surface area contributed by atoms with Gasteiger partial charge in [0.1, 0.15) is 30.7 Å². The van der Waals surface area contributed by atoms with Crippen molar-refractivity contribution in [2.45, 2.75) is 70.0 Å². The van der Waals surface area contributed by atoms with E-state index in [0.717, 1.165) is 0 Å². The maximum atomic E-state index is 13.2. The molecule has 1 aliphatic heterocycles. The van der Waals surface area contributed by atoms with Crippen LogP contribution in [-0.2, 0) is 33.3 Å². The number of hydrogen-bond acceptors (Lipinski definition) is 9. The van der Waals surface area contributed by atoms with Crippen LogP contribution in [0, 0.1) is 0 Å². The van der Waals surface area contributed by atoms with Gasteiger partial charge in [-0.1, -0.05) is 18.2 Å². The first kappa shape index (κ1) is 31.0. The highest BCUT2D eigenvalue weighted by molar-refractivity contribution is 5.97. The normalized spacial score (nSPS) is 21.2. The summed E-state index contributed by atoms with van der Waals surface area (Å²) in [5.74, 6) is -1.76. The molecule has 1 aliphatic carbocycles. The van der Waals surface area contributed by atoms with Crippen molar-refractivity contribution in [3.8, 4) is 0 Å². The predicted molar refractivity (Wildman–Crippen MR) is 145 cm³/mol. The zero-order valence-corrected chi connectivity index (χ0v) is 23.5. The second-order valence-electron chi connectivity index (χ2n) is 10.9. The summed E-state index contributed by atoms with van der Waals surface area (Å²) in [6.07, 6.45) is 2.79. The molecule has 2 N–H and O–H groups in total. The third-order valence-corrected chi connectivity index (χ3v) is 6.25. The standard InChI is InChI=1S/C29H38N2O9/c1-29(2,3)40-25(34)13-11-20(16-32)30-27(35)19-14-22-26(38-17-37-22)23(15-19)39-28(36)21-9-7-6-8-18(21)10-12-24(33)31(4)5/h6-10,12,14,20,22-23,26,32H,11,13,15-17H2,1-5H3,(H,30,35). The van der Waals surface area contributed by atoms with E-state index < -0.39 is 47.8 Å². The molecule has 1 aromatic rings. The number of aliphatic hydroxyl groups is 1. The molecular formula is C29H38N2O9. The van der Waals surface area contributed by atoms with Gasteiger partial charge in [-0.2, -0.15) is 0 Å². The van der Waals surface area contributed by atoms with Crippen LogP contribution < -0.4 is 5.32 Å². The molecule has 4 unspecified atom stereocenters. The lowest BCUT2D eigenvalue weighted by molar-refractivity contribution is -0.155. The molecule has 0 spiro atoms. The van der Waals surface area contributed by atoms with E-state index in [1.54, 1.807) is 71.3 Å². The van der Waals surface area contributed by atoms with Gasteiger partial charge in [0.05, 0.1) is 18.2 Å². The highest BCUT2D eigenvalue weighted by Crippen LogP contribution is 2.31. The molecule has 0 radical (unpaired) electrons. The summed E-state index contributed by atoms with van der Waals surface area (Å²) in [7, 11) is 3.25. The minimum absolute atomic E-state index is 0.0179. The van der Waals surface area contributed by atoms with Crippen molar-refractivity contribution in [1.29, 1.82) is 0 Å². The molecule has 40 heavy (non-hydrogen) atoms. The Morgan fingerprint density at radius 2 is 1.90 bits per heavy atom. The van der Waals surface area contributed by atoms with Gasteiger partial charge in [-0.05, 0) is 51.0 Å². The van der Waals surface area contributed by atoms with E-state index in [-0.39, 0.29) is 44.1 Å². The fraction of sp³-hybridized carbons (Fsp3) is 0.517. The van der Waals surface area contributed by atoms with Crippen molar-refractivity contribution in [3.05, 3.63) is 53.1 Å². The number of rotatable bonds is 10. The number of carbonyl (C=O) groups is 4. The Morgan fingerprint density at radius 1 is 1.18 bits per heavy atom. The van der Waals surface area contributed by atoms with Crippen LogP contribution in [0.1, 0.15) is 56.0 Å². The van der Waals surface area contributed by atoms with Gasteiger partial charge in [0, 0.05) is 38.6 Å². The number of nitrogens with zero attached hydrogens (tertiary/aromatic N) is 1. The molecule has 2 aliphatic rings. The second kappa shape index (κ2) is 13.7. The number of esters is 2. The van der Waals surface area contributed by atoms with E-state index >= 15 is 0 Å². The summed E-state index contributed by atoms with van der Waals surface area (Å²) in [6, 6.07) is 6.04. The second-order valence-corrected chi connectivity index (χ2v) is 10.9. The summed E-state index contributed by atoms with van der Waals surface area (Å²) in [4.78, 5) is 51.7. The molecule has 1 aromatic carbocycles. The molecule has 1 fully saturated rings. The molecule has 11 heteroatoms. The average Bonchev–Trinajstić information content (AvgIpc) is 3.37. The number of hydrogen-bond donors (Lipinski definition) is 2. The van der Waals surface area contributed by atoms with Gasteiger partial charge in [0.25, 0.3) is 0 Å². The fourth-order valence-electron chi connectivity index (χ4n) is 4.24. The smallest absolute Gasteiger partial charge is 0.339 e. The van der Waals surface area contributed by atoms with Crippen molar-refractivity contribution in [2.75, 3.05) is 27.5 Å². The van der Waals surface area contributed by atoms with E-state index in [2.05, 4.69) is 5.32 Å². The van der Waals surface area contributed by atoms with Crippen LogP contribution in [0.15, 0.2) is 42.0 Å². The lowest BCUT2D eigenvalue weighted by Gasteiger charge is -2.30. The number of benzene rings is 1. The fourth-order valence-corrected chi connectivity index (χ4v) is 4.24. The Hall–Kier alpha value is -3.54. The van der Waals surface area contributed by atoms with E-state index in [1.165, 1.54) is 11.0 Å². The van der Waals surface area contributed by atoms with Crippen LogP contribution in [0.3, 0.4) is 0 Å². The third kappa shape index (κ3) is 8.73. The SMILES string of the molecule is CN(C)C(=O)C=Cc1ccccc1C(=O)OC1CC(C(=O)NC(CO)CCC(=O)OC(C)(C)C)=CC2OCOC21. The molecule has 0 aromatic heterocycles. The van der Waals surface area contributed by atoms with Crippen LogP contribution in [-0.4, -0.2) is 91.2 Å². The zero-order valence-electron chi connectivity index (χ0n) is 23.5. The summed E-state index contributed by atoms with van der Waals surface area (Å²) >= 11 is 0. The minimum Gasteiger partial charge on any atom is -0.460 e. The van der Waals surface area contributed by atoms with Gasteiger partial charge in [0.15, 0.2) is 0 Å². The molecule has 11 nitrogen and oxygen atoms in total. The summed E-state index contributed by atoms with van der Waals surface area (Å²) in [5, 5.41) is 12.5. The topological polar surface area (TPSA) is 141 Å². The Balaban J connectivity index is 1.68. The monoisotopic (exact) mass is 558 g/mol. The molecule has 0 saturated carbocycles. The molecular weight excluding hydrogens is 520 g/mol. The van der Waals surface area contributed by atoms with Crippen molar-refractivity contribution in [1.82, 2.24) is 10.2 Å². The number of carbonyl (C=O) groups excluding carboxylic acids is 4. The van der Waals surface area contributed by atoms with Crippen LogP contribution in [0.4, 0.5) is 0 Å². The quantitative estimate of drug-likeness (QED) is 0.326. The van der Waals surface area contributed by atoms with Gasteiger partial charge >= 0.3 is 11.9 Å². The molecule has 2 amide bonds. The lowest BCUT2D eigenvalue weighted by atomic mass is 9.91. The molecule has 1 saturated heterocycles. The third-order valence-electron chi connectivity index (χ3n) is 6.25. The number of amides is 2. The van der Waals surface area contributed by atoms with Gasteiger partial charge in [-0.3, -0.25) is 14.4 Å². The van der Waals surface area contributed by atoms with Gasteiger partial charge < -0.3 is 34.3 Å². The van der Waals surface area contributed by atoms with E-state index in [0.29, 0.717) is 11.1 Å². The van der Waals surface area contributed by atoms with Crippen LogP contribution in [0.25, 0.3) is 6.08 Å². The average molecular weight is 559 g/mol. The number of ether oxygens (including phenoxy) is 4. The largest absolute Gasteiger partial charge is 0.460 e. The molecule has 3 rings (SSSR count). The first-order valence-electron chi connectivity index (χ1n) is 13.1. The van der Waals surface area contributed by atoms with E-state index in [9.17, 15) is 24.3 Å². The van der Waals surface area contributed by atoms with Crippen LogP contribution in [0.2, 0.25) is 0 Å². The van der Waals surface area contributed by atoms with Crippen molar-refractivity contribution < 1.29 is 43.2 Å². The summed E-state index contributed by atoms with van der Waals surface area (Å²) in [6.45, 7) is 4.90.